The molecule has 2 rings (SSSR count). The number of amides is 1. The van der Waals surface area contributed by atoms with Gasteiger partial charge in [-0.25, -0.2) is 0 Å². The highest BCUT2D eigenvalue weighted by Gasteiger charge is 2.21. The topological polar surface area (TPSA) is 41.1 Å². The van der Waals surface area contributed by atoms with Crippen LogP contribution in [0.3, 0.4) is 0 Å². The van der Waals surface area contributed by atoms with Gasteiger partial charge in [0.15, 0.2) is 0 Å². The van der Waals surface area contributed by atoms with Crippen LogP contribution in [-0.2, 0) is 4.79 Å². The van der Waals surface area contributed by atoms with E-state index in [-0.39, 0.29) is 5.91 Å². The van der Waals surface area contributed by atoms with Crippen LogP contribution in [0.25, 0.3) is 0 Å². The van der Waals surface area contributed by atoms with Gasteiger partial charge in [0.05, 0.1) is 22.3 Å². The average Bonchev–Trinajstić information content (AvgIpc) is 3.06. The Hall–Kier alpha value is -0.770. The highest BCUT2D eigenvalue weighted by atomic mass is 35.5. The number of halogens is 2. The van der Waals surface area contributed by atoms with E-state index < -0.39 is 0 Å². The van der Waals surface area contributed by atoms with Crippen LogP contribution in [-0.4, -0.2) is 18.5 Å². The van der Waals surface area contributed by atoms with Gasteiger partial charge in [0.1, 0.15) is 0 Å². The molecule has 1 aromatic rings. The first-order valence-electron chi connectivity index (χ1n) is 5.14. The molecule has 16 heavy (non-hydrogen) atoms. The molecule has 0 bridgehead atoms. The number of benzene rings is 1. The number of rotatable bonds is 4. The zero-order chi connectivity index (χ0) is 11.5. The molecule has 0 atom stereocenters. The zero-order valence-electron chi connectivity index (χ0n) is 8.59. The maximum absolute atomic E-state index is 11.5. The van der Waals surface area contributed by atoms with Gasteiger partial charge in [-0.05, 0) is 25.0 Å². The number of nitrogens with one attached hydrogen (secondary N) is 2. The van der Waals surface area contributed by atoms with E-state index in [1.54, 1.807) is 18.2 Å². The third kappa shape index (κ3) is 3.11. The summed E-state index contributed by atoms with van der Waals surface area (Å²) in [5.41, 5.74) is 0.553. The summed E-state index contributed by atoms with van der Waals surface area (Å²) >= 11 is 11.8. The smallest absolute Gasteiger partial charge is 0.238 e. The zero-order valence-corrected chi connectivity index (χ0v) is 10.1. The second kappa shape index (κ2) is 5.04. The summed E-state index contributed by atoms with van der Waals surface area (Å²) in [6.07, 6.45) is 2.32. The van der Waals surface area contributed by atoms with Crippen molar-refractivity contribution in [2.24, 2.45) is 0 Å². The maximum Gasteiger partial charge on any atom is 0.238 e. The van der Waals surface area contributed by atoms with E-state index >= 15 is 0 Å². The summed E-state index contributed by atoms with van der Waals surface area (Å²) in [5, 5.41) is 6.66. The van der Waals surface area contributed by atoms with Crippen molar-refractivity contribution in [1.29, 1.82) is 0 Å². The predicted octanol–water partition coefficient (Wildman–Crippen LogP) is 2.68. The second-order valence-corrected chi connectivity index (χ2v) is 4.59. The van der Waals surface area contributed by atoms with Gasteiger partial charge in [-0.1, -0.05) is 29.3 Å². The third-order valence-electron chi connectivity index (χ3n) is 2.35. The molecule has 0 heterocycles. The summed E-state index contributed by atoms with van der Waals surface area (Å²) in [5.74, 6) is -0.101. The normalized spacial score (nSPS) is 14.9. The van der Waals surface area contributed by atoms with Crippen LogP contribution in [0.4, 0.5) is 5.69 Å². The molecule has 5 heteroatoms. The Balaban J connectivity index is 1.91. The van der Waals surface area contributed by atoms with E-state index in [2.05, 4.69) is 10.6 Å². The van der Waals surface area contributed by atoms with Crippen molar-refractivity contribution in [2.45, 2.75) is 18.9 Å². The first-order valence-corrected chi connectivity index (χ1v) is 5.89. The lowest BCUT2D eigenvalue weighted by Gasteiger charge is -2.08. The number of carbonyl (C=O) groups is 1. The van der Waals surface area contributed by atoms with Gasteiger partial charge in [-0.2, -0.15) is 0 Å². The minimum atomic E-state index is -0.101. The lowest BCUT2D eigenvalue weighted by Crippen LogP contribution is -2.29. The van der Waals surface area contributed by atoms with E-state index in [4.69, 9.17) is 23.2 Å². The largest absolute Gasteiger partial charge is 0.324 e. The highest BCUT2D eigenvalue weighted by Crippen LogP contribution is 2.29. The summed E-state index contributed by atoms with van der Waals surface area (Å²) in [7, 11) is 0. The van der Waals surface area contributed by atoms with Gasteiger partial charge in [-0.3, -0.25) is 4.79 Å². The van der Waals surface area contributed by atoms with Crippen molar-refractivity contribution >= 4 is 34.8 Å². The van der Waals surface area contributed by atoms with Crippen molar-refractivity contribution in [3.63, 3.8) is 0 Å². The molecule has 0 spiro atoms. The van der Waals surface area contributed by atoms with E-state index in [9.17, 15) is 4.79 Å². The van der Waals surface area contributed by atoms with Crippen LogP contribution in [0.2, 0.25) is 10.0 Å². The highest BCUT2D eigenvalue weighted by molar-refractivity contribution is 6.43. The van der Waals surface area contributed by atoms with Crippen LogP contribution in [0, 0.1) is 0 Å². The minimum absolute atomic E-state index is 0.101. The Kier molecular flexibility index (Phi) is 3.69. The predicted molar refractivity (Wildman–Crippen MR) is 66.1 cm³/mol. The van der Waals surface area contributed by atoms with Crippen LogP contribution in [0.15, 0.2) is 18.2 Å². The molecule has 1 fully saturated rings. The molecular formula is C11H12Cl2N2O. The molecule has 0 unspecified atom stereocenters. The Morgan fingerprint density at radius 1 is 1.38 bits per heavy atom. The Morgan fingerprint density at radius 2 is 2.12 bits per heavy atom. The molecule has 1 aliphatic carbocycles. The minimum Gasteiger partial charge on any atom is -0.324 e. The molecule has 1 aromatic carbocycles. The van der Waals surface area contributed by atoms with Crippen molar-refractivity contribution in [3.05, 3.63) is 28.2 Å². The molecular weight excluding hydrogens is 247 g/mol. The maximum atomic E-state index is 11.5. The third-order valence-corrected chi connectivity index (χ3v) is 3.17. The summed E-state index contributed by atoms with van der Waals surface area (Å²) in [4.78, 5) is 11.5. The molecule has 0 aromatic heterocycles. The van der Waals surface area contributed by atoms with Gasteiger partial charge >= 0.3 is 0 Å². The van der Waals surface area contributed by atoms with E-state index in [1.807, 2.05) is 0 Å². The number of hydrogen-bond donors (Lipinski definition) is 2. The van der Waals surface area contributed by atoms with Gasteiger partial charge in [-0.15, -0.1) is 0 Å². The first-order chi connectivity index (χ1) is 7.66. The molecule has 0 saturated heterocycles. The molecule has 2 N–H and O–H groups in total. The standard InChI is InChI=1S/C11H12Cl2N2O/c12-8-2-1-3-9(11(8)13)15-10(16)6-14-7-4-5-7/h1-3,7,14H,4-6H2,(H,15,16). The fourth-order valence-electron chi connectivity index (χ4n) is 1.32. The summed E-state index contributed by atoms with van der Waals surface area (Å²) in [6, 6.07) is 5.67. The summed E-state index contributed by atoms with van der Waals surface area (Å²) < 4.78 is 0. The molecule has 0 aliphatic heterocycles. The molecule has 86 valence electrons. The number of anilines is 1. The quantitative estimate of drug-likeness (QED) is 0.872. The van der Waals surface area contributed by atoms with Gasteiger partial charge in [0.25, 0.3) is 0 Å². The van der Waals surface area contributed by atoms with Crippen molar-refractivity contribution < 1.29 is 4.79 Å². The van der Waals surface area contributed by atoms with Gasteiger partial charge in [0, 0.05) is 6.04 Å². The second-order valence-electron chi connectivity index (χ2n) is 3.80. The average molecular weight is 259 g/mol. The van der Waals surface area contributed by atoms with Crippen LogP contribution < -0.4 is 10.6 Å². The van der Waals surface area contributed by atoms with E-state index in [1.165, 1.54) is 0 Å². The lowest BCUT2D eigenvalue weighted by atomic mass is 10.3. The summed E-state index contributed by atoms with van der Waals surface area (Å²) in [6.45, 7) is 0.313. The number of carbonyl (C=O) groups excluding carboxylic acids is 1. The Bertz CT molecular complexity index is 405. The van der Waals surface area contributed by atoms with Crippen LogP contribution >= 0.6 is 23.2 Å². The molecule has 1 amide bonds. The molecule has 1 saturated carbocycles. The van der Waals surface area contributed by atoms with E-state index in [0.29, 0.717) is 28.3 Å². The van der Waals surface area contributed by atoms with Crippen molar-refractivity contribution in [3.8, 4) is 0 Å². The van der Waals surface area contributed by atoms with Crippen molar-refractivity contribution in [2.75, 3.05) is 11.9 Å². The number of hydrogen-bond acceptors (Lipinski definition) is 2. The SMILES string of the molecule is O=C(CNC1CC1)Nc1cccc(Cl)c1Cl. The fourth-order valence-corrected chi connectivity index (χ4v) is 1.67. The first kappa shape index (κ1) is 11.7. The lowest BCUT2D eigenvalue weighted by molar-refractivity contribution is -0.115. The van der Waals surface area contributed by atoms with E-state index in [0.717, 1.165) is 12.8 Å². The van der Waals surface area contributed by atoms with Gasteiger partial charge in [0.2, 0.25) is 5.91 Å². The van der Waals surface area contributed by atoms with Crippen LogP contribution in [0.5, 0.6) is 0 Å². The molecule has 1 aliphatic rings. The molecule has 3 nitrogen and oxygen atoms in total. The Labute approximate surface area is 104 Å². The van der Waals surface area contributed by atoms with Gasteiger partial charge < -0.3 is 10.6 Å². The monoisotopic (exact) mass is 258 g/mol. The fraction of sp³-hybridized carbons (Fsp3) is 0.364. The Morgan fingerprint density at radius 3 is 2.81 bits per heavy atom. The van der Waals surface area contributed by atoms with Crippen molar-refractivity contribution in [1.82, 2.24) is 5.32 Å². The van der Waals surface area contributed by atoms with Crippen LogP contribution in [0.1, 0.15) is 12.8 Å². The molecule has 0 radical (unpaired) electrons.